The van der Waals surface area contributed by atoms with Gasteiger partial charge in [0.1, 0.15) is 5.76 Å². The van der Waals surface area contributed by atoms with Crippen molar-refractivity contribution in [3.63, 3.8) is 0 Å². The van der Waals surface area contributed by atoms with Gasteiger partial charge in [-0.05, 0) is 31.2 Å². The highest BCUT2D eigenvalue weighted by atomic mass is 16.3. The Morgan fingerprint density at radius 3 is 2.88 bits per heavy atom. The fourth-order valence-electron chi connectivity index (χ4n) is 1.62. The van der Waals surface area contributed by atoms with E-state index in [1.807, 2.05) is 19.1 Å². The van der Waals surface area contributed by atoms with Gasteiger partial charge < -0.3 is 9.52 Å². The van der Waals surface area contributed by atoms with Gasteiger partial charge >= 0.3 is 0 Å². The molecule has 0 unspecified atom stereocenters. The van der Waals surface area contributed by atoms with Gasteiger partial charge in [-0.25, -0.2) is 0 Å². The summed E-state index contributed by atoms with van der Waals surface area (Å²) in [5, 5.41) is 17.5. The number of nitrogens with zero attached hydrogens (tertiary/aromatic N) is 3. The first-order chi connectivity index (χ1) is 7.75. The van der Waals surface area contributed by atoms with Gasteiger partial charge in [-0.1, -0.05) is 0 Å². The van der Waals surface area contributed by atoms with Crippen LogP contribution in [0.4, 0.5) is 0 Å². The molecule has 5 heteroatoms. The quantitative estimate of drug-likeness (QED) is 0.674. The minimum absolute atomic E-state index is 0.101. The van der Waals surface area contributed by atoms with E-state index in [1.165, 1.54) is 0 Å². The van der Waals surface area contributed by atoms with Gasteiger partial charge in [0.2, 0.25) is 11.5 Å². The zero-order valence-electron chi connectivity index (χ0n) is 8.58. The Kier molecular flexibility index (Phi) is 1.73. The number of aryl methyl sites for hydroxylation is 1. The third kappa shape index (κ3) is 1.18. The Bertz CT molecular complexity index is 654. The molecule has 0 saturated carbocycles. The lowest BCUT2D eigenvalue weighted by molar-refractivity contribution is 0.477. The third-order valence-corrected chi connectivity index (χ3v) is 2.37. The van der Waals surface area contributed by atoms with Crippen LogP contribution in [0.3, 0.4) is 0 Å². The molecule has 1 N–H and O–H groups in total. The predicted octanol–water partition coefficient (Wildman–Crippen LogP) is 2.00. The summed E-state index contributed by atoms with van der Waals surface area (Å²) in [6.07, 6.45) is 1.78. The van der Waals surface area contributed by atoms with Crippen LogP contribution in [0.2, 0.25) is 0 Å². The van der Waals surface area contributed by atoms with Gasteiger partial charge in [-0.2, -0.15) is 0 Å². The number of furan rings is 1. The zero-order chi connectivity index (χ0) is 11.1. The molecule has 3 heterocycles. The molecule has 0 spiro atoms. The average Bonchev–Trinajstić information content (AvgIpc) is 2.84. The van der Waals surface area contributed by atoms with E-state index in [9.17, 15) is 5.11 Å². The second-order valence-electron chi connectivity index (χ2n) is 3.52. The largest absolute Gasteiger partial charge is 0.504 e. The van der Waals surface area contributed by atoms with E-state index in [-0.39, 0.29) is 5.75 Å². The topological polar surface area (TPSA) is 63.6 Å². The van der Waals surface area contributed by atoms with E-state index in [4.69, 9.17) is 4.42 Å². The molecule has 0 atom stereocenters. The van der Waals surface area contributed by atoms with Crippen LogP contribution in [0.1, 0.15) is 5.76 Å². The van der Waals surface area contributed by atoms with Crippen molar-refractivity contribution in [2.45, 2.75) is 6.92 Å². The molecule has 0 aliphatic carbocycles. The predicted molar refractivity (Wildman–Crippen MR) is 57.1 cm³/mol. The first-order valence-corrected chi connectivity index (χ1v) is 4.85. The second-order valence-corrected chi connectivity index (χ2v) is 3.52. The fourth-order valence-corrected chi connectivity index (χ4v) is 1.62. The molecule has 0 aliphatic rings. The molecule has 3 aromatic heterocycles. The van der Waals surface area contributed by atoms with Crippen molar-refractivity contribution in [2.75, 3.05) is 0 Å². The van der Waals surface area contributed by atoms with Crippen molar-refractivity contribution in [1.29, 1.82) is 0 Å². The van der Waals surface area contributed by atoms with E-state index in [0.717, 1.165) is 5.76 Å². The Morgan fingerprint density at radius 1 is 1.25 bits per heavy atom. The molecular formula is C11H9N3O2. The summed E-state index contributed by atoms with van der Waals surface area (Å²) in [6.45, 7) is 1.87. The Labute approximate surface area is 91.0 Å². The summed E-state index contributed by atoms with van der Waals surface area (Å²) < 4.78 is 7.16. The maximum absolute atomic E-state index is 9.58. The Hall–Kier alpha value is -2.30. The zero-order valence-corrected chi connectivity index (χ0v) is 8.58. The lowest BCUT2D eigenvalue weighted by Crippen LogP contribution is -1.87. The van der Waals surface area contributed by atoms with E-state index in [1.54, 1.807) is 22.7 Å². The minimum atomic E-state index is 0.101. The van der Waals surface area contributed by atoms with Crippen LogP contribution >= 0.6 is 0 Å². The van der Waals surface area contributed by atoms with Crippen molar-refractivity contribution < 1.29 is 9.52 Å². The van der Waals surface area contributed by atoms with E-state index >= 15 is 0 Å². The normalized spacial score (nSPS) is 11.1. The summed E-state index contributed by atoms with van der Waals surface area (Å²) in [5.41, 5.74) is 0.423. The lowest BCUT2D eigenvalue weighted by Gasteiger charge is -1.97. The highest BCUT2D eigenvalue weighted by molar-refractivity contribution is 5.59. The molecule has 0 amide bonds. The summed E-state index contributed by atoms with van der Waals surface area (Å²) in [6, 6.07) is 6.99. The fraction of sp³-hybridized carbons (Fsp3) is 0.0909. The number of rotatable bonds is 1. The highest BCUT2D eigenvalue weighted by Crippen LogP contribution is 2.23. The van der Waals surface area contributed by atoms with E-state index in [2.05, 4.69) is 10.2 Å². The summed E-state index contributed by atoms with van der Waals surface area (Å²) >= 11 is 0. The van der Waals surface area contributed by atoms with Crippen LogP contribution in [0.15, 0.2) is 34.9 Å². The molecule has 0 aliphatic heterocycles. The lowest BCUT2D eigenvalue weighted by atomic mass is 10.4. The van der Waals surface area contributed by atoms with Crippen molar-refractivity contribution in [3.05, 3.63) is 36.2 Å². The molecule has 16 heavy (non-hydrogen) atoms. The molecule has 0 aromatic carbocycles. The van der Waals surface area contributed by atoms with Crippen molar-refractivity contribution in [2.24, 2.45) is 0 Å². The molecule has 80 valence electrons. The van der Waals surface area contributed by atoms with Crippen LogP contribution in [0.5, 0.6) is 5.75 Å². The monoisotopic (exact) mass is 215 g/mol. The van der Waals surface area contributed by atoms with Gasteiger partial charge in [0.15, 0.2) is 11.5 Å². The number of hydrogen-bond acceptors (Lipinski definition) is 4. The molecule has 0 radical (unpaired) electrons. The van der Waals surface area contributed by atoms with Crippen LogP contribution in [0.25, 0.3) is 17.2 Å². The molecule has 5 nitrogen and oxygen atoms in total. The van der Waals surface area contributed by atoms with Crippen molar-refractivity contribution >= 4 is 5.65 Å². The first kappa shape index (κ1) is 8.96. The van der Waals surface area contributed by atoms with E-state index in [0.29, 0.717) is 17.2 Å². The standard InChI is InChI=1S/C11H9N3O2/c1-7-4-5-9(16-7)11-13-12-10-8(15)3-2-6-14(10)11/h2-6,15H,1H3. The van der Waals surface area contributed by atoms with E-state index < -0.39 is 0 Å². The van der Waals surface area contributed by atoms with Crippen molar-refractivity contribution in [1.82, 2.24) is 14.6 Å². The number of aromatic nitrogens is 3. The SMILES string of the molecule is Cc1ccc(-c2nnc3c(O)cccn23)o1. The number of fused-ring (bicyclic) bond motifs is 1. The molecule has 0 bridgehead atoms. The van der Waals surface area contributed by atoms with Crippen LogP contribution in [-0.4, -0.2) is 19.7 Å². The first-order valence-electron chi connectivity index (χ1n) is 4.85. The summed E-state index contributed by atoms with van der Waals surface area (Å²) in [7, 11) is 0. The minimum Gasteiger partial charge on any atom is -0.504 e. The third-order valence-electron chi connectivity index (χ3n) is 2.37. The Morgan fingerprint density at radius 2 is 2.12 bits per heavy atom. The molecule has 3 rings (SSSR count). The van der Waals surface area contributed by atoms with Gasteiger partial charge in [-0.3, -0.25) is 4.40 Å². The van der Waals surface area contributed by atoms with Crippen LogP contribution in [-0.2, 0) is 0 Å². The number of pyridine rings is 1. The molecular weight excluding hydrogens is 206 g/mol. The van der Waals surface area contributed by atoms with Gasteiger partial charge in [0.05, 0.1) is 0 Å². The van der Waals surface area contributed by atoms with Crippen LogP contribution in [0, 0.1) is 6.92 Å². The second kappa shape index (κ2) is 3.10. The molecule has 3 aromatic rings. The maximum Gasteiger partial charge on any atom is 0.204 e. The van der Waals surface area contributed by atoms with Gasteiger partial charge in [-0.15, -0.1) is 10.2 Å². The molecule has 0 fully saturated rings. The van der Waals surface area contributed by atoms with Crippen molar-refractivity contribution in [3.8, 4) is 17.3 Å². The molecule has 0 saturated heterocycles. The summed E-state index contributed by atoms with van der Waals surface area (Å²) in [4.78, 5) is 0. The average molecular weight is 215 g/mol. The number of aromatic hydroxyl groups is 1. The van der Waals surface area contributed by atoms with Crippen LogP contribution < -0.4 is 0 Å². The number of hydrogen-bond donors (Lipinski definition) is 1. The summed E-state index contributed by atoms with van der Waals surface area (Å²) in [5.74, 6) is 2.13. The smallest absolute Gasteiger partial charge is 0.204 e. The van der Waals surface area contributed by atoms with Gasteiger partial charge in [0.25, 0.3) is 0 Å². The highest BCUT2D eigenvalue weighted by Gasteiger charge is 2.12. The Balaban J connectivity index is 2.29. The van der Waals surface area contributed by atoms with Gasteiger partial charge in [0, 0.05) is 6.20 Å². The maximum atomic E-state index is 9.58.